The molecule has 2 heterocycles. The Hall–Kier alpha value is -3.61. The van der Waals surface area contributed by atoms with Gasteiger partial charge in [-0.05, 0) is 30.7 Å². The molecule has 7 heteroatoms. The van der Waals surface area contributed by atoms with E-state index in [1.165, 1.54) is 10.8 Å². The summed E-state index contributed by atoms with van der Waals surface area (Å²) < 4.78 is 1.42. The summed E-state index contributed by atoms with van der Waals surface area (Å²) in [5.74, 6) is 0.459. The fourth-order valence-electron chi connectivity index (χ4n) is 2.92. The van der Waals surface area contributed by atoms with Crippen molar-refractivity contribution in [3.05, 3.63) is 82.3 Å². The van der Waals surface area contributed by atoms with E-state index in [1.54, 1.807) is 6.07 Å². The van der Waals surface area contributed by atoms with E-state index in [-0.39, 0.29) is 17.3 Å². The number of aromatic nitrogens is 4. The lowest BCUT2D eigenvalue weighted by Crippen LogP contribution is -2.24. The topological polar surface area (TPSA) is 95.6 Å². The molecule has 0 saturated heterocycles. The number of nitrogens with one attached hydrogen (secondary N) is 3. The smallest absolute Gasteiger partial charge is 0.326 e. The lowest BCUT2D eigenvalue weighted by atomic mass is 10.2. The number of imidazole rings is 2. The average molecular weight is 347 g/mol. The van der Waals surface area contributed by atoms with E-state index in [9.17, 15) is 9.59 Å². The molecular formula is C19H17N5O2. The third-order valence-corrected chi connectivity index (χ3v) is 4.14. The quantitative estimate of drug-likeness (QED) is 0.529. The first-order chi connectivity index (χ1) is 12.6. The molecule has 4 aromatic rings. The van der Waals surface area contributed by atoms with Crippen LogP contribution < -0.4 is 11.0 Å². The predicted molar refractivity (Wildman–Crippen MR) is 99.4 cm³/mol. The molecule has 0 spiro atoms. The third kappa shape index (κ3) is 3.02. The number of aromatic amines is 2. The zero-order chi connectivity index (χ0) is 18.1. The highest BCUT2D eigenvalue weighted by molar-refractivity contribution is 6.03. The van der Waals surface area contributed by atoms with Crippen LogP contribution in [0.1, 0.15) is 21.9 Å². The monoisotopic (exact) mass is 347 g/mol. The van der Waals surface area contributed by atoms with Gasteiger partial charge in [-0.15, -0.1) is 0 Å². The van der Waals surface area contributed by atoms with Gasteiger partial charge in [0, 0.05) is 11.9 Å². The summed E-state index contributed by atoms with van der Waals surface area (Å²) in [5, 5.41) is 2.83. The van der Waals surface area contributed by atoms with E-state index in [0.29, 0.717) is 12.2 Å². The van der Waals surface area contributed by atoms with Gasteiger partial charge in [-0.2, -0.15) is 0 Å². The van der Waals surface area contributed by atoms with Crippen molar-refractivity contribution < 1.29 is 4.79 Å². The highest BCUT2D eigenvalue weighted by atomic mass is 16.2. The molecule has 2 aromatic carbocycles. The second kappa shape index (κ2) is 6.36. The van der Waals surface area contributed by atoms with Crippen molar-refractivity contribution >= 4 is 22.6 Å². The maximum Gasteiger partial charge on any atom is 0.326 e. The lowest BCUT2D eigenvalue weighted by Gasteiger charge is -2.08. The largest absolute Gasteiger partial charge is 0.342 e. The maximum atomic E-state index is 12.7. The van der Waals surface area contributed by atoms with Gasteiger partial charge in [-0.25, -0.2) is 9.78 Å². The number of carbonyl (C=O) groups is 1. The van der Waals surface area contributed by atoms with Gasteiger partial charge in [0.2, 0.25) is 0 Å². The fourth-order valence-corrected chi connectivity index (χ4v) is 2.92. The van der Waals surface area contributed by atoms with E-state index in [2.05, 4.69) is 20.3 Å². The number of amides is 1. The first-order valence-corrected chi connectivity index (χ1v) is 8.20. The van der Waals surface area contributed by atoms with Crippen molar-refractivity contribution in [3.8, 4) is 0 Å². The molecule has 0 fully saturated rings. The molecule has 1 amide bonds. The van der Waals surface area contributed by atoms with Gasteiger partial charge in [0.05, 0.1) is 17.6 Å². The van der Waals surface area contributed by atoms with Gasteiger partial charge in [0.25, 0.3) is 5.91 Å². The van der Waals surface area contributed by atoms with Crippen molar-refractivity contribution in [2.24, 2.45) is 0 Å². The Morgan fingerprint density at radius 1 is 1.19 bits per heavy atom. The molecule has 26 heavy (non-hydrogen) atoms. The first-order valence-electron chi connectivity index (χ1n) is 8.20. The van der Waals surface area contributed by atoms with Gasteiger partial charge < -0.3 is 15.3 Å². The van der Waals surface area contributed by atoms with Crippen LogP contribution in [0.5, 0.6) is 0 Å². The minimum Gasteiger partial charge on any atom is -0.342 e. The van der Waals surface area contributed by atoms with E-state index >= 15 is 0 Å². The van der Waals surface area contributed by atoms with Crippen LogP contribution in [0.3, 0.4) is 0 Å². The normalized spacial score (nSPS) is 11.0. The highest BCUT2D eigenvalue weighted by Gasteiger charge is 2.15. The zero-order valence-electron chi connectivity index (χ0n) is 14.1. The highest BCUT2D eigenvalue weighted by Crippen LogP contribution is 2.18. The van der Waals surface area contributed by atoms with Crippen LogP contribution in [-0.4, -0.2) is 25.4 Å². The van der Waals surface area contributed by atoms with Crippen LogP contribution in [0.2, 0.25) is 0 Å². The van der Waals surface area contributed by atoms with E-state index in [1.807, 2.05) is 49.4 Å². The van der Waals surface area contributed by atoms with Crippen LogP contribution in [0.15, 0.2) is 59.5 Å². The SMILES string of the molecule is Cc1nc2ccc(NC(=O)c3c[nH]c(=O)n3Cc3ccccc3)cc2[nH]1. The number of carbonyl (C=O) groups excluding carboxylic acids is 1. The summed E-state index contributed by atoms with van der Waals surface area (Å²) in [4.78, 5) is 34.8. The molecule has 3 N–H and O–H groups in total. The molecule has 0 atom stereocenters. The second-order valence-electron chi connectivity index (χ2n) is 6.06. The van der Waals surface area contributed by atoms with Gasteiger partial charge in [-0.3, -0.25) is 9.36 Å². The molecule has 2 aromatic heterocycles. The Bertz CT molecular complexity index is 1140. The van der Waals surface area contributed by atoms with E-state index < -0.39 is 0 Å². The van der Waals surface area contributed by atoms with Crippen LogP contribution in [-0.2, 0) is 6.54 Å². The number of rotatable bonds is 4. The predicted octanol–water partition coefficient (Wildman–Crippen LogP) is 2.66. The van der Waals surface area contributed by atoms with E-state index in [0.717, 1.165) is 22.4 Å². The molecule has 0 aliphatic carbocycles. The molecule has 7 nitrogen and oxygen atoms in total. The number of H-pyrrole nitrogens is 2. The Morgan fingerprint density at radius 3 is 2.81 bits per heavy atom. The van der Waals surface area contributed by atoms with Crippen LogP contribution in [0.4, 0.5) is 5.69 Å². The summed E-state index contributed by atoms with van der Waals surface area (Å²) >= 11 is 0. The summed E-state index contributed by atoms with van der Waals surface area (Å²) in [6.45, 7) is 2.20. The van der Waals surface area contributed by atoms with Crippen LogP contribution >= 0.6 is 0 Å². The molecule has 0 aliphatic heterocycles. The molecule has 0 aliphatic rings. The number of aryl methyl sites for hydroxylation is 1. The molecular weight excluding hydrogens is 330 g/mol. The summed E-state index contributed by atoms with van der Waals surface area (Å²) in [6.07, 6.45) is 1.43. The standard InChI is InChI=1S/C19H17N5O2/c1-12-21-15-8-7-14(9-16(15)22-12)23-18(25)17-10-20-19(26)24(17)11-13-5-3-2-4-6-13/h2-10H,11H2,1H3,(H,20,26)(H,21,22)(H,23,25). The zero-order valence-corrected chi connectivity index (χ0v) is 14.1. The van der Waals surface area contributed by atoms with Crippen molar-refractivity contribution in [1.29, 1.82) is 0 Å². The Balaban J connectivity index is 1.60. The van der Waals surface area contributed by atoms with Crippen molar-refractivity contribution in [3.63, 3.8) is 0 Å². The fraction of sp³-hybridized carbons (Fsp3) is 0.105. The van der Waals surface area contributed by atoms with E-state index in [4.69, 9.17) is 0 Å². The summed E-state index contributed by atoms with van der Waals surface area (Å²) in [6, 6.07) is 15.0. The van der Waals surface area contributed by atoms with Crippen LogP contribution in [0, 0.1) is 6.92 Å². The molecule has 0 bridgehead atoms. The molecule has 4 rings (SSSR count). The van der Waals surface area contributed by atoms with Crippen molar-refractivity contribution in [2.45, 2.75) is 13.5 Å². The van der Waals surface area contributed by atoms with Gasteiger partial charge in [-0.1, -0.05) is 30.3 Å². The first kappa shape index (κ1) is 15.9. The molecule has 0 radical (unpaired) electrons. The number of hydrogen-bond acceptors (Lipinski definition) is 3. The Labute approximate surface area is 148 Å². The number of nitrogens with zero attached hydrogens (tertiary/aromatic N) is 2. The van der Waals surface area contributed by atoms with Crippen LogP contribution in [0.25, 0.3) is 11.0 Å². The molecule has 0 unspecified atom stereocenters. The Kier molecular flexibility index (Phi) is 3.89. The number of hydrogen-bond donors (Lipinski definition) is 3. The number of anilines is 1. The number of fused-ring (bicyclic) bond motifs is 1. The summed E-state index contributed by atoms with van der Waals surface area (Å²) in [7, 11) is 0. The minimum atomic E-state index is -0.352. The summed E-state index contributed by atoms with van der Waals surface area (Å²) in [5.41, 5.74) is 3.21. The van der Waals surface area contributed by atoms with Gasteiger partial charge in [0.1, 0.15) is 11.5 Å². The van der Waals surface area contributed by atoms with Gasteiger partial charge in [0.15, 0.2) is 0 Å². The minimum absolute atomic E-state index is 0.278. The van der Waals surface area contributed by atoms with Crippen molar-refractivity contribution in [2.75, 3.05) is 5.32 Å². The van der Waals surface area contributed by atoms with Crippen molar-refractivity contribution in [1.82, 2.24) is 19.5 Å². The second-order valence-corrected chi connectivity index (χ2v) is 6.06. The Morgan fingerprint density at radius 2 is 2.00 bits per heavy atom. The lowest BCUT2D eigenvalue weighted by molar-refractivity contribution is 0.101. The third-order valence-electron chi connectivity index (χ3n) is 4.14. The average Bonchev–Trinajstić information content (AvgIpc) is 3.17. The van der Waals surface area contributed by atoms with Gasteiger partial charge >= 0.3 is 5.69 Å². The number of benzene rings is 2. The molecule has 130 valence electrons. The maximum absolute atomic E-state index is 12.7. The molecule has 0 saturated carbocycles.